The molecule has 1 aromatic heterocycles. The molecule has 1 rings (SSSR count). The van der Waals surface area contributed by atoms with Crippen LogP contribution in [0.3, 0.4) is 0 Å². The van der Waals surface area contributed by atoms with Gasteiger partial charge < -0.3 is 14.4 Å². The average Bonchev–Trinajstić information content (AvgIpc) is 2.38. The van der Waals surface area contributed by atoms with Crippen LogP contribution in [0.2, 0.25) is 0 Å². The Bertz CT molecular complexity index is 242. The van der Waals surface area contributed by atoms with Crippen LogP contribution >= 0.6 is 0 Å². The van der Waals surface area contributed by atoms with Gasteiger partial charge in [0.2, 0.25) is 0 Å². The zero-order chi connectivity index (χ0) is 8.10. The molecule has 0 aliphatic carbocycles. The predicted octanol–water partition coefficient (Wildman–Crippen LogP) is 1.23. The van der Waals surface area contributed by atoms with Gasteiger partial charge in [-0.3, -0.25) is 0 Å². The van der Waals surface area contributed by atoms with E-state index in [1.54, 1.807) is 19.2 Å². The summed E-state index contributed by atoms with van der Waals surface area (Å²) in [6.45, 7) is 0.430. The van der Waals surface area contributed by atoms with Gasteiger partial charge in [-0.15, -0.1) is 0 Å². The smallest absolute Gasteiger partial charge is 0.148 e. The van der Waals surface area contributed by atoms with Crippen molar-refractivity contribution in [3.05, 3.63) is 23.7 Å². The summed E-state index contributed by atoms with van der Waals surface area (Å²) >= 11 is 0. The maximum atomic E-state index is 8.14. The van der Waals surface area contributed by atoms with Crippen LogP contribution in [0.1, 0.15) is 11.5 Å². The lowest BCUT2D eigenvalue weighted by molar-refractivity contribution is 0.164. The SMILES string of the molecule is COCc1ccc(/C=N/O)o1. The number of nitrogens with zero attached hydrogens (tertiary/aromatic N) is 1. The fraction of sp³-hybridized carbons (Fsp3) is 0.286. The zero-order valence-corrected chi connectivity index (χ0v) is 6.15. The van der Waals surface area contributed by atoms with E-state index in [1.165, 1.54) is 6.21 Å². The zero-order valence-electron chi connectivity index (χ0n) is 6.15. The van der Waals surface area contributed by atoms with Crippen molar-refractivity contribution in [3.63, 3.8) is 0 Å². The number of ether oxygens (including phenoxy) is 1. The molecule has 4 heteroatoms. The van der Waals surface area contributed by atoms with E-state index in [0.717, 1.165) is 0 Å². The second-order valence-electron chi connectivity index (χ2n) is 1.98. The summed E-state index contributed by atoms with van der Waals surface area (Å²) in [7, 11) is 1.59. The summed E-state index contributed by atoms with van der Waals surface area (Å²) < 4.78 is 9.95. The lowest BCUT2D eigenvalue weighted by Crippen LogP contribution is -1.82. The topological polar surface area (TPSA) is 55.0 Å². The minimum absolute atomic E-state index is 0.430. The van der Waals surface area contributed by atoms with Crippen molar-refractivity contribution in [2.45, 2.75) is 6.61 Å². The van der Waals surface area contributed by atoms with Gasteiger partial charge in [0.1, 0.15) is 24.3 Å². The molecule has 1 heterocycles. The Morgan fingerprint density at radius 3 is 3.18 bits per heavy atom. The molecule has 4 nitrogen and oxygen atoms in total. The number of hydrogen-bond acceptors (Lipinski definition) is 4. The summed E-state index contributed by atoms with van der Waals surface area (Å²) in [5, 5.41) is 11.0. The Labute approximate surface area is 64.1 Å². The van der Waals surface area contributed by atoms with E-state index >= 15 is 0 Å². The molecule has 0 bridgehead atoms. The molecule has 0 aliphatic heterocycles. The van der Waals surface area contributed by atoms with Crippen LogP contribution in [-0.2, 0) is 11.3 Å². The van der Waals surface area contributed by atoms with Crippen molar-refractivity contribution in [3.8, 4) is 0 Å². The van der Waals surface area contributed by atoms with Gasteiger partial charge in [-0.2, -0.15) is 0 Å². The van der Waals surface area contributed by atoms with Crippen molar-refractivity contribution in [2.75, 3.05) is 7.11 Å². The van der Waals surface area contributed by atoms with E-state index in [-0.39, 0.29) is 0 Å². The summed E-state index contributed by atoms with van der Waals surface area (Å²) in [4.78, 5) is 0. The number of methoxy groups -OCH3 is 1. The maximum absolute atomic E-state index is 8.14. The molecule has 0 unspecified atom stereocenters. The van der Waals surface area contributed by atoms with Crippen molar-refractivity contribution in [1.82, 2.24) is 0 Å². The number of rotatable bonds is 3. The number of hydrogen-bond donors (Lipinski definition) is 1. The van der Waals surface area contributed by atoms with Crippen LogP contribution in [0.5, 0.6) is 0 Å². The first-order valence-corrected chi connectivity index (χ1v) is 3.12. The molecule has 60 valence electrons. The van der Waals surface area contributed by atoms with Gasteiger partial charge >= 0.3 is 0 Å². The van der Waals surface area contributed by atoms with Crippen molar-refractivity contribution in [1.29, 1.82) is 0 Å². The highest BCUT2D eigenvalue weighted by Gasteiger charge is 1.97. The minimum atomic E-state index is 0.430. The molecule has 0 fully saturated rings. The third-order valence-corrected chi connectivity index (χ3v) is 1.15. The second kappa shape index (κ2) is 3.78. The monoisotopic (exact) mass is 155 g/mol. The van der Waals surface area contributed by atoms with Crippen molar-refractivity contribution >= 4 is 6.21 Å². The Kier molecular flexibility index (Phi) is 2.68. The molecular formula is C7H9NO3. The average molecular weight is 155 g/mol. The van der Waals surface area contributed by atoms with Gasteiger partial charge in [-0.25, -0.2) is 0 Å². The largest absolute Gasteiger partial charge is 0.458 e. The minimum Gasteiger partial charge on any atom is -0.458 e. The lowest BCUT2D eigenvalue weighted by atomic mass is 10.4. The molecule has 0 saturated heterocycles. The molecule has 0 radical (unpaired) electrons. The van der Waals surface area contributed by atoms with Crippen molar-refractivity contribution in [2.24, 2.45) is 5.16 Å². The van der Waals surface area contributed by atoms with E-state index in [9.17, 15) is 0 Å². The van der Waals surface area contributed by atoms with Crippen LogP contribution in [0.25, 0.3) is 0 Å². The van der Waals surface area contributed by atoms with Gasteiger partial charge in [-0.05, 0) is 12.1 Å². The quantitative estimate of drug-likeness (QED) is 0.406. The Morgan fingerprint density at radius 2 is 2.55 bits per heavy atom. The van der Waals surface area contributed by atoms with Gasteiger partial charge in [-0.1, -0.05) is 5.16 Å². The molecule has 0 amide bonds. The molecule has 0 aromatic carbocycles. The van der Waals surface area contributed by atoms with Gasteiger partial charge in [0.05, 0.1) is 0 Å². The molecule has 0 spiro atoms. The van der Waals surface area contributed by atoms with E-state index in [1.807, 2.05) is 0 Å². The fourth-order valence-electron chi connectivity index (χ4n) is 0.741. The van der Waals surface area contributed by atoms with E-state index in [2.05, 4.69) is 5.16 Å². The highest BCUT2D eigenvalue weighted by Crippen LogP contribution is 2.06. The van der Waals surface area contributed by atoms with Gasteiger partial charge in [0.15, 0.2) is 0 Å². The first-order chi connectivity index (χ1) is 5.36. The third-order valence-electron chi connectivity index (χ3n) is 1.15. The summed E-state index contributed by atoms with van der Waals surface area (Å²) in [6.07, 6.45) is 1.22. The standard InChI is InChI=1S/C7H9NO3/c1-10-5-7-3-2-6(11-7)4-8-9/h2-4,9H,5H2,1H3/b8-4+. The Hall–Kier alpha value is -1.29. The maximum Gasteiger partial charge on any atom is 0.148 e. The Morgan fingerprint density at radius 1 is 1.73 bits per heavy atom. The van der Waals surface area contributed by atoms with Crippen molar-refractivity contribution < 1.29 is 14.4 Å². The number of furan rings is 1. The van der Waals surface area contributed by atoms with E-state index in [4.69, 9.17) is 14.4 Å². The first-order valence-electron chi connectivity index (χ1n) is 3.12. The molecule has 0 saturated carbocycles. The fourth-order valence-corrected chi connectivity index (χ4v) is 0.741. The lowest BCUT2D eigenvalue weighted by Gasteiger charge is -1.90. The molecule has 0 atom stereocenters. The van der Waals surface area contributed by atoms with E-state index < -0.39 is 0 Å². The Balaban J connectivity index is 2.65. The highest BCUT2D eigenvalue weighted by molar-refractivity contribution is 5.75. The summed E-state index contributed by atoms with van der Waals surface area (Å²) in [5.74, 6) is 1.22. The van der Waals surface area contributed by atoms with Crippen LogP contribution in [0, 0.1) is 0 Å². The molecule has 1 aromatic rings. The highest BCUT2D eigenvalue weighted by atomic mass is 16.5. The molecule has 0 aliphatic rings. The van der Waals surface area contributed by atoms with Crippen LogP contribution in [0.15, 0.2) is 21.7 Å². The summed E-state index contributed by atoms with van der Waals surface area (Å²) in [6, 6.07) is 3.47. The van der Waals surface area contributed by atoms with Crippen LogP contribution < -0.4 is 0 Å². The van der Waals surface area contributed by atoms with Gasteiger partial charge in [0.25, 0.3) is 0 Å². The molecular weight excluding hydrogens is 146 g/mol. The van der Waals surface area contributed by atoms with Gasteiger partial charge in [0, 0.05) is 7.11 Å². The normalized spacial score (nSPS) is 11.0. The first kappa shape index (κ1) is 7.81. The van der Waals surface area contributed by atoms with E-state index in [0.29, 0.717) is 18.1 Å². The summed E-state index contributed by atoms with van der Waals surface area (Å²) in [5.41, 5.74) is 0. The second-order valence-corrected chi connectivity index (χ2v) is 1.98. The number of oxime groups is 1. The predicted molar refractivity (Wildman–Crippen MR) is 38.8 cm³/mol. The molecule has 1 N–H and O–H groups in total. The third kappa shape index (κ3) is 2.09. The van der Waals surface area contributed by atoms with Crippen LogP contribution in [-0.4, -0.2) is 18.5 Å². The molecule has 11 heavy (non-hydrogen) atoms. The van der Waals surface area contributed by atoms with Crippen LogP contribution in [0.4, 0.5) is 0 Å².